The normalized spacial score (nSPS) is 9.19. The van der Waals surface area contributed by atoms with Crippen LogP contribution in [0.3, 0.4) is 0 Å². The summed E-state index contributed by atoms with van der Waals surface area (Å²) in [7, 11) is 13.4. The minimum atomic E-state index is -4.64. The molecule has 0 aliphatic carbocycles. The van der Waals surface area contributed by atoms with Gasteiger partial charge in [0, 0.05) is 0 Å². The third kappa shape index (κ3) is 85100. The van der Waals surface area contributed by atoms with Gasteiger partial charge in [-0.25, -0.2) is 4.57 Å². The molecule has 134 valence electrons. The van der Waals surface area contributed by atoms with Crippen molar-refractivity contribution in [3.8, 4) is 0 Å². The highest BCUT2D eigenvalue weighted by molar-refractivity contribution is 7.45. The van der Waals surface area contributed by atoms with Gasteiger partial charge in [0.25, 0.3) is 0 Å². The van der Waals surface area contributed by atoms with Crippen LogP contribution in [-0.2, 0) is 4.57 Å². The second-order valence-corrected chi connectivity index (χ2v) is 6.77. The van der Waals surface area contributed by atoms with E-state index >= 15 is 0 Å². The third-order valence-corrected chi connectivity index (χ3v) is 0. The van der Waals surface area contributed by atoms with Crippen molar-refractivity contribution >= 4 is 7.82 Å². The van der Waals surface area contributed by atoms with Crippen molar-refractivity contribution in [1.82, 2.24) is 14.7 Å². The predicted molar refractivity (Wildman–Crippen MR) is 93.6 cm³/mol. The molecule has 0 aromatic carbocycles. The van der Waals surface area contributed by atoms with Crippen LogP contribution >= 0.6 is 7.82 Å². The van der Waals surface area contributed by atoms with Gasteiger partial charge in [-0.3, -0.25) is 0 Å². The standard InChI is InChI=1S/C4H8.3C3H9N.H3O4P/c4*1-4(2)3;1-5(2,3)4/h1H2,2-3H3;3*1-3H3;(H3,1,2,3,4). The highest BCUT2D eigenvalue weighted by Gasteiger charge is 2.00. The van der Waals surface area contributed by atoms with E-state index in [1.165, 1.54) is 5.57 Å². The second-order valence-electron chi connectivity index (χ2n) is 5.75. The minimum absolute atomic E-state index is 1.17. The van der Waals surface area contributed by atoms with E-state index in [4.69, 9.17) is 19.2 Å². The van der Waals surface area contributed by atoms with Crippen LogP contribution in [0.15, 0.2) is 12.2 Å². The number of rotatable bonds is 0. The molecular weight excluding hydrogens is 293 g/mol. The third-order valence-electron chi connectivity index (χ3n) is 0. The maximum absolute atomic E-state index is 8.88. The Hall–Kier alpha value is -0.270. The Morgan fingerprint density at radius 1 is 0.714 bits per heavy atom. The number of hydrogen-bond acceptors (Lipinski definition) is 4. The Balaban J connectivity index is -0.0000000510. The first-order chi connectivity index (χ1) is 8.93. The van der Waals surface area contributed by atoms with Gasteiger partial charge < -0.3 is 29.4 Å². The topological polar surface area (TPSA) is 87.5 Å². The zero-order valence-corrected chi connectivity index (χ0v) is 16.6. The van der Waals surface area contributed by atoms with E-state index < -0.39 is 7.82 Å². The number of nitrogens with zero attached hydrogens (tertiary/aromatic N) is 3. The van der Waals surface area contributed by atoms with Crippen LogP contribution in [0, 0.1) is 0 Å². The van der Waals surface area contributed by atoms with Crippen LogP contribution in [0.25, 0.3) is 0 Å². The second kappa shape index (κ2) is 22.0. The number of allylic oxidation sites excluding steroid dienone is 1. The highest BCUT2D eigenvalue weighted by Crippen LogP contribution is 2.25. The van der Waals surface area contributed by atoms with Crippen LogP contribution in [0.2, 0.25) is 0 Å². The Bertz CT molecular complexity index is 207. The average Bonchev–Trinajstić information content (AvgIpc) is 1.91. The fourth-order valence-corrected chi connectivity index (χ4v) is 0. The van der Waals surface area contributed by atoms with Gasteiger partial charge in [0.1, 0.15) is 0 Å². The molecule has 0 bridgehead atoms. The molecule has 0 saturated carbocycles. The average molecular weight is 331 g/mol. The molecule has 0 atom stereocenters. The van der Waals surface area contributed by atoms with Gasteiger partial charge in [0.2, 0.25) is 0 Å². The molecule has 0 amide bonds. The molecule has 7 nitrogen and oxygen atoms in total. The summed E-state index contributed by atoms with van der Waals surface area (Å²) in [6, 6.07) is 0. The quantitative estimate of drug-likeness (QED) is 0.454. The molecule has 8 heteroatoms. The van der Waals surface area contributed by atoms with Crippen molar-refractivity contribution in [1.29, 1.82) is 0 Å². The maximum atomic E-state index is 8.88. The summed E-state index contributed by atoms with van der Waals surface area (Å²) < 4.78 is 8.88. The van der Waals surface area contributed by atoms with Crippen molar-refractivity contribution in [3.05, 3.63) is 12.2 Å². The lowest BCUT2D eigenvalue weighted by atomic mass is 10.4. The van der Waals surface area contributed by atoms with Crippen molar-refractivity contribution in [3.63, 3.8) is 0 Å². The van der Waals surface area contributed by atoms with Crippen LogP contribution in [0.4, 0.5) is 0 Å². The lowest BCUT2D eigenvalue weighted by Crippen LogP contribution is -1.99. The van der Waals surface area contributed by atoms with Gasteiger partial charge in [0.15, 0.2) is 0 Å². The fourth-order valence-electron chi connectivity index (χ4n) is 0. The lowest BCUT2D eigenvalue weighted by molar-refractivity contribution is 0.275. The minimum Gasteiger partial charge on any atom is -0.312 e. The first kappa shape index (κ1) is 32.6. The molecule has 0 fully saturated rings. The van der Waals surface area contributed by atoms with Gasteiger partial charge >= 0.3 is 7.82 Å². The molecule has 0 aromatic rings. The van der Waals surface area contributed by atoms with E-state index in [-0.39, 0.29) is 0 Å². The molecule has 0 heterocycles. The Labute approximate surface area is 132 Å². The van der Waals surface area contributed by atoms with Crippen molar-refractivity contribution in [2.24, 2.45) is 0 Å². The monoisotopic (exact) mass is 331 g/mol. The van der Waals surface area contributed by atoms with E-state index in [1.54, 1.807) is 0 Å². The Morgan fingerprint density at radius 2 is 0.714 bits per heavy atom. The summed E-state index contributed by atoms with van der Waals surface area (Å²) in [6.07, 6.45) is 0. The first-order valence-electron chi connectivity index (χ1n) is 6.16. The number of phosphoric acid groups is 1. The summed E-state index contributed by atoms with van der Waals surface area (Å²) in [5.41, 5.74) is 1.17. The van der Waals surface area contributed by atoms with E-state index in [9.17, 15) is 0 Å². The molecule has 0 aliphatic heterocycles. The van der Waals surface area contributed by atoms with Gasteiger partial charge in [-0.15, -0.1) is 6.58 Å². The molecule has 3 N–H and O–H groups in total. The SMILES string of the molecule is C=C(C)C.CN(C)C.CN(C)C.CN(C)C.O=P(O)(O)O. The first-order valence-corrected chi connectivity index (χ1v) is 7.73. The smallest absolute Gasteiger partial charge is 0.312 e. The summed E-state index contributed by atoms with van der Waals surface area (Å²) >= 11 is 0. The van der Waals surface area contributed by atoms with Crippen LogP contribution in [0.1, 0.15) is 13.8 Å². The van der Waals surface area contributed by atoms with Gasteiger partial charge in [-0.05, 0) is 77.3 Å². The lowest BCUT2D eigenvalue weighted by Gasteiger charge is -1.90. The zero-order valence-electron chi connectivity index (χ0n) is 15.7. The number of hydrogen-bond donors (Lipinski definition) is 3. The summed E-state index contributed by atoms with van der Waals surface area (Å²) in [6.45, 7) is 7.50. The Kier molecular flexibility index (Phi) is 34.2. The fraction of sp³-hybridized carbons (Fsp3) is 0.846. The summed E-state index contributed by atoms with van der Waals surface area (Å²) in [4.78, 5) is 27.6. The molecule has 0 rings (SSSR count). The van der Waals surface area contributed by atoms with Crippen LogP contribution in [-0.4, -0.2) is 92.8 Å². The molecule has 0 saturated heterocycles. The predicted octanol–water partition coefficient (Wildman–Crippen LogP) is 1.19. The maximum Gasteiger partial charge on any atom is 0.466 e. The molecule has 0 unspecified atom stereocenters. The van der Waals surface area contributed by atoms with E-state index in [1.807, 2.05) is 92.0 Å². The molecule has 0 aliphatic rings. The van der Waals surface area contributed by atoms with Gasteiger partial charge in [0.05, 0.1) is 0 Å². The van der Waals surface area contributed by atoms with Crippen LogP contribution in [0.5, 0.6) is 0 Å². The zero-order chi connectivity index (χ0) is 18.8. The highest BCUT2D eigenvalue weighted by atomic mass is 31.2. The Morgan fingerprint density at radius 3 is 0.714 bits per heavy atom. The van der Waals surface area contributed by atoms with Crippen molar-refractivity contribution in [2.75, 3.05) is 63.4 Å². The molecule has 0 radical (unpaired) electrons. The van der Waals surface area contributed by atoms with Crippen LogP contribution < -0.4 is 0 Å². The van der Waals surface area contributed by atoms with E-state index in [0.29, 0.717) is 0 Å². The summed E-state index contributed by atoms with van der Waals surface area (Å²) in [5, 5.41) is 0. The molecule has 21 heavy (non-hydrogen) atoms. The van der Waals surface area contributed by atoms with E-state index in [2.05, 4.69) is 6.58 Å². The van der Waals surface area contributed by atoms with Crippen molar-refractivity contribution in [2.45, 2.75) is 13.8 Å². The molecule has 0 spiro atoms. The van der Waals surface area contributed by atoms with Gasteiger partial charge in [-0.1, -0.05) is 5.57 Å². The van der Waals surface area contributed by atoms with E-state index in [0.717, 1.165) is 0 Å². The molecular formula is C13H38N3O4P. The largest absolute Gasteiger partial charge is 0.466 e. The van der Waals surface area contributed by atoms with Gasteiger partial charge in [-0.2, -0.15) is 0 Å². The van der Waals surface area contributed by atoms with Crippen molar-refractivity contribution < 1.29 is 19.2 Å². The molecule has 0 aromatic heterocycles. The summed E-state index contributed by atoms with van der Waals surface area (Å²) in [5.74, 6) is 0.